The van der Waals surface area contributed by atoms with E-state index in [0.717, 1.165) is 9.98 Å². The fraction of sp³-hybridized carbons (Fsp3) is 0.0952. The first-order valence-electron chi connectivity index (χ1n) is 8.77. The Hall–Kier alpha value is -3.21. The highest BCUT2D eigenvalue weighted by Gasteiger charge is 2.36. The quantitative estimate of drug-likeness (QED) is 0.639. The summed E-state index contributed by atoms with van der Waals surface area (Å²) in [6.45, 7) is 0.159. The normalized spacial score (nSPS) is 16.3. The first-order valence-corrected chi connectivity index (χ1v) is 10.6. The van der Waals surface area contributed by atoms with Crippen molar-refractivity contribution in [2.24, 2.45) is 5.10 Å². The van der Waals surface area contributed by atoms with E-state index in [2.05, 4.69) is 10.1 Å². The fourth-order valence-corrected chi connectivity index (χ4v) is 4.53. The van der Waals surface area contributed by atoms with E-state index < -0.39 is 10.0 Å². The topological polar surface area (TPSA) is 86.4 Å². The molecular formula is C21H15ClN4O2S. The Morgan fingerprint density at radius 2 is 1.76 bits per heavy atom. The highest BCUT2D eigenvalue weighted by molar-refractivity contribution is 7.89. The van der Waals surface area contributed by atoms with Gasteiger partial charge in [0.2, 0.25) is 0 Å². The summed E-state index contributed by atoms with van der Waals surface area (Å²) in [5.74, 6) is -0.279. The molecule has 0 saturated carbocycles. The lowest BCUT2D eigenvalue weighted by atomic mass is 9.93. The molecule has 1 aliphatic rings. The molecule has 3 aromatic rings. The molecule has 1 aromatic heterocycles. The zero-order valence-electron chi connectivity index (χ0n) is 15.1. The van der Waals surface area contributed by atoms with Gasteiger partial charge in [0.15, 0.2) is 0 Å². The number of pyridine rings is 1. The van der Waals surface area contributed by atoms with E-state index in [4.69, 9.17) is 16.9 Å². The van der Waals surface area contributed by atoms with Crippen LogP contribution in [-0.2, 0) is 10.0 Å². The summed E-state index contributed by atoms with van der Waals surface area (Å²) in [7, 11) is -3.84. The van der Waals surface area contributed by atoms with Gasteiger partial charge in [-0.15, -0.1) is 0 Å². The monoisotopic (exact) mass is 422 g/mol. The Balaban J connectivity index is 1.77. The van der Waals surface area contributed by atoms with Crippen LogP contribution < -0.4 is 0 Å². The van der Waals surface area contributed by atoms with E-state index in [1.54, 1.807) is 12.1 Å². The van der Waals surface area contributed by atoms with Crippen molar-refractivity contribution in [2.75, 3.05) is 6.54 Å². The molecule has 0 aliphatic carbocycles. The molecule has 0 spiro atoms. The summed E-state index contributed by atoms with van der Waals surface area (Å²) in [6, 6.07) is 20.9. The van der Waals surface area contributed by atoms with Gasteiger partial charge in [0.05, 0.1) is 34.3 Å². The zero-order chi connectivity index (χ0) is 20.4. The van der Waals surface area contributed by atoms with E-state index in [-0.39, 0.29) is 17.4 Å². The van der Waals surface area contributed by atoms with Crippen molar-refractivity contribution in [1.29, 1.82) is 5.26 Å². The van der Waals surface area contributed by atoms with Crippen LogP contribution in [-0.4, -0.2) is 30.1 Å². The minimum absolute atomic E-state index is 0.117. The fourth-order valence-electron chi connectivity index (χ4n) is 3.14. The first kappa shape index (κ1) is 19.1. The lowest BCUT2D eigenvalue weighted by Gasteiger charge is -2.16. The maximum atomic E-state index is 13.1. The van der Waals surface area contributed by atoms with Crippen molar-refractivity contribution < 1.29 is 8.42 Å². The number of nitrogens with zero attached hydrogens (tertiary/aromatic N) is 4. The van der Waals surface area contributed by atoms with E-state index in [0.29, 0.717) is 22.0 Å². The zero-order valence-corrected chi connectivity index (χ0v) is 16.7. The van der Waals surface area contributed by atoms with Gasteiger partial charge in [0, 0.05) is 11.2 Å². The maximum absolute atomic E-state index is 13.1. The minimum Gasteiger partial charge on any atom is -0.253 e. The number of hydrogen-bond donors (Lipinski definition) is 0. The standard InChI is InChI=1S/C21H15ClN4O2S/c22-17-7-9-18(10-8-17)29(27,28)26-14-19(16-4-2-1-3-5-16)21(25-26)20-11-6-15(12-23)13-24-20/h1-11,13,19H,14H2. The molecule has 0 radical (unpaired) electrons. The second-order valence-electron chi connectivity index (χ2n) is 6.46. The Bertz CT molecular complexity index is 1200. The number of benzene rings is 2. The molecule has 0 bridgehead atoms. The molecule has 144 valence electrons. The number of aromatic nitrogens is 1. The van der Waals surface area contributed by atoms with Crippen LogP contribution in [0.1, 0.15) is 22.7 Å². The molecule has 0 saturated heterocycles. The van der Waals surface area contributed by atoms with Gasteiger partial charge >= 0.3 is 0 Å². The average Bonchev–Trinajstić information content (AvgIpc) is 3.21. The van der Waals surface area contributed by atoms with E-state index >= 15 is 0 Å². The number of halogens is 1. The number of sulfonamides is 1. The Kier molecular flexibility index (Phi) is 5.05. The van der Waals surface area contributed by atoms with Gasteiger partial charge in [-0.05, 0) is 42.0 Å². The second kappa shape index (κ2) is 7.66. The third kappa shape index (κ3) is 3.73. The van der Waals surface area contributed by atoms with E-state index in [1.165, 1.54) is 30.5 Å². The molecule has 29 heavy (non-hydrogen) atoms. The van der Waals surface area contributed by atoms with Crippen molar-refractivity contribution in [1.82, 2.24) is 9.40 Å². The molecule has 8 heteroatoms. The molecule has 1 atom stereocenters. The van der Waals surface area contributed by atoms with Gasteiger partial charge in [-0.25, -0.2) is 0 Å². The van der Waals surface area contributed by atoms with Gasteiger partial charge in [0.25, 0.3) is 10.0 Å². The molecule has 2 heterocycles. The van der Waals surface area contributed by atoms with E-state index in [1.807, 2.05) is 36.4 Å². The molecule has 0 fully saturated rings. The van der Waals surface area contributed by atoms with Crippen molar-refractivity contribution in [3.63, 3.8) is 0 Å². The average molecular weight is 423 g/mol. The summed E-state index contributed by atoms with van der Waals surface area (Å²) >= 11 is 5.89. The summed E-state index contributed by atoms with van der Waals surface area (Å²) < 4.78 is 27.3. The summed E-state index contributed by atoms with van der Waals surface area (Å²) in [6.07, 6.45) is 1.45. The van der Waals surface area contributed by atoms with Crippen LogP contribution in [0.5, 0.6) is 0 Å². The lowest BCUT2D eigenvalue weighted by molar-refractivity contribution is 0.451. The number of hydrogen-bond acceptors (Lipinski definition) is 5. The maximum Gasteiger partial charge on any atom is 0.279 e. The van der Waals surface area contributed by atoms with Crippen LogP contribution >= 0.6 is 11.6 Å². The summed E-state index contributed by atoms with van der Waals surface area (Å²) in [5, 5.41) is 13.9. The molecule has 1 aliphatic heterocycles. The Labute approximate surface area is 173 Å². The SMILES string of the molecule is N#Cc1ccc(C2=NN(S(=O)(=O)c3ccc(Cl)cc3)CC2c2ccccc2)nc1. The number of nitriles is 1. The van der Waals surface area contributed by atoms with Crippen LogP contribution in [0.2, 0.25) is 5.02 Å². The summed E-state index contributed by atoms with van der Waals surface area (Å²) in [4.78, 5) is 4.43. The smallest absolute Gasteiger partial charge is 0.253 e. The van der Waals surface area contributed by atoms with Crippen molar-refractivity contribution in [3.8, 4) is 6.07 Å². The molecule has 0 N–H and O–H groups in total. The number of rotatable bonds is 4. The molecule has 1 unspecified atom stereocenters. The van der Waals surface area contributed by atoms with Gasteiger partial charge in [0.1, 0.15) is 6.07 Å². The van der Waals surface area contributed by atoms with Gasteiger partial charge < -0.3 is 0 Å². The minimum atomic E-state index is -3.84. The molecule has 2 aromatic carbocycles. The van der Waals surface area contributed by atoms with Gasteiger partial charge in [-0.3, -0.25) is 4.98 Å². The molecule has 0 amide bonds. The van der Waals surface area contributed by atoms with Crippen molar-refractivity contribution in [2.45, 2.75) is 10.8 Å². The van der Waals surface area contributed by atoms with Crippen LogP contribution in [0.15, 0.2) is 82.9 Å². The van der Waals surface area contributed by atoms with Crippen LogP contribution in [0.4, 0.5) is 0 Å². The highest BCUT2D eigenvalue weighted by atomic mass is 35.5. The lowest BCUT2D eigenvalue weighted by Crippen LogP contribution is -2.26. The highest BCUT2D eigenvalue weighted by Crippen LogP contribution is 2.32. The largest absolute Gasteiger partial charge is 0.279 e. The first-order chi connectivity index (χ1) is 14.0. The van der Waals surface area contributed by atoms with E-state index in [9.17, 15) is 8.42 Å². The van der Waals surface area contributed by atoms with Crippen molar-refractivity contribution in [3.05, 3.63) is 94.8 Å². The Morgan fingerprint density at radius 1 is 1.03 bits per heavy atom. The molecule has 4 rings (SSSR count). The van der Waals surface area contributed by atoms with Crippen molar-refractivity contribution >= 4 is 27.3 Å². The third-order valence-corrected chi connectivity index (χ3v) is 6.54. The summed E-state index contributed by atoms with van der Waals surface area (Å²) in [5.41, 5.74) is 2.44. The molecular weight excluding hydrogens is 408 g/mol. The predicted molar refractivity (Wildman–Crippen MR) is 110 cm³/mol. The van der Waals surface area contributed by atoms with Crippen LogP contribution in [0, 0.1) is 11.3 Å². The third-order valence-electron chi connectivity index (χ3n) is 4.63. The van der Waals surface area contributed by atoms with Gasteiger partial charge in [-0.2, -0.15) is 23.2 Å². The predicted octanol–water partition coefficient (Wildman–Crippen LogP) is 3.80. The number of hydrazone groups is 1. The molecule has 6 nitrogen and oxygen atoms in total. The van der Waals surface area contributed by atoms with Crippen LogP contribution in [0.3, 0.4) is 0 Å². The van der Waals surface area contributed by atoms with Gasteiger partial charge in [-0.1, -0.05) is 41.9 Å². The Morgan fingerprint density at radius 3 is 2.38 bits per heavy atom. The van der Waals surface area contributed by atoms with Crippen LogP contribution in [0.25, 0.3) is 0 Å². The second-order valence-corrected chi connectivity index (χ2v) is 8.74.